The molecule has 5 nitrogen and oxygen atoms in total. The molecule has 1 heterocycles. The summed E-state index contributed by atoms with van der Waals surface area (Å²) in [6, 6.07) is 0.594. The van der Waals surface area contributed by atoms with Crippen LogP contribution in [0.3, 0.4) is 0 Å². The lowest BCUT2D eigenvalue weighted by atomic mass is 9.80. The van der Waals surface area contributed by atoms with Gasteiger partial charge >= 0.3 is 0 Å². The molecule has 0 aromatic carbocycles. The Bertz CT molecular complexity index is 364. The third-order valence-electron chi connectivity index (χ3n) is 5.41. The van der Waals surface area contributed by atoms with Crippen LogP contribution in [0.2, 0.25) is 0 Å². The highest BCUT2D eigenvalue weighted by Gasteiger charge is 2.23. The summed E-state index contributed by atoms with van der Waals surface area (Å²) in [6.07, 6.45) is 6.39. The number of aliphatic imine (C=N–C) groups is 1. The van der Waals surface area contributed by atoms with Crippen molar-refractivity contribution >= 4 is 29.9 Å². The van der Waals surface area contributed by atoms with Gasteiger partial charge in [0.15, 0.2) is 5.96 Å². The number of guanidine groups is 1. The van der Waals surface area contributed by atoms with Crippen LogP contribution in [0.25, 0.3) is 0 Å². The highest BCUT2D eigenvalue weighted by Crippen LogP contribution is 2.29. The largest absolute Gasteiger partial charge is 0.379 e. The van der Waals surface area contributed by atoms with Gasteiger partial charge in [-0.15, -0.1) is 24.0 Å². The number of hydrogen-bond acceptors (Lipinski definition) is 3. The van der Waals surface area contributed by atoms with Crippen LogP contribution < -0.4 is 10.6 Å². The molecule has 25 heavy (non-hydrogen) atoms. The zero-order valence-corrected chi connectivity index (χ0v) is 18.8. The quantitative estimate of drug-likeness (QED) is 0.262. The first kappa shape index (κ1) is 23.0. The smallest absolute Gasteiger partial charge is 0.191 e. The zero-order chi connectivity index (χ0) is 17.2. The number of nitrogens with zero attached hydrogens (tertiary/aromatic N) is 2. The van der Waals surface area contributed by atoms with E-state index in [1.54, 1.807) is 0 Å². The minimum absolute atomic E-state index is 0. The first-order chi connectivity index (χ1) is 11.7. The molecule has 2 rings (SSSR count). The lowest BCUT2D eigenvalue weighted by molar-refractivity contribution is 0.0377. The van der Waals surface area contributed by atoms with Gasteiger partial charge in [0.05, 0.1) is 13.2 Å². The van der Waals surface area contributed by atoms with E-state index in [1.165, 1.54) is 25.7 Å². The van der Waals surface area contributed by atoms with E-state index in [4.69, 9.17) is 9.73 Å². The van der Waals surface area contributed by atoms with Crippen LogP contribution >= 0.6 is 24.0 Å². The number of rotatable bonds is 7. The van der Waals surface area contributed by atoms with Gasteiger partial charge < -0.3 is 15.4 Å². The molecule has 1 saturated heterocycles. The fourth-order valence-corrected chi connectivity index (χ4v) is 3.75. The van der Waals surface area contributed by atoms with Gasteiger partial charge in [0, 0.05) is 38.8 Å². The second-order valence-electron chi connectivity index (χ2n) is 7.57. The number of ether oxygens (including phenoxy) is 1. The first-order valence-corrected chi connectivity index (χ1v) is 10.0. The van der Waals surface area contributed by atoms with Crippen molar-refractivity contribution in [3.63, 3.8) is 0 Å². The summed E-state index contributed by atoms with van der Waals surface area (Å²) in [5.41, 5.74) is 0. The first-order valence-electron chi connectivity index (χ1n) is 10.0. The van der Waals surface area contributed by atoms with E-state index in [0.29, 0.717) is 6.04 Å². The molecular weight excluding hydrogens is 427 g/mol. The SMILES string of the molecule is CCNC(=NCCCN1CCOCC1)NC1CCC(C(C)C)CC1.I. The molecule has 0 unspecified atom stereocenters. The van der Waals surface area contributed by atoms with Crippen molar-refractivity contribution in [1.29, 1.82) is 0 Å². The molecule has 0 bridgehead atoms. The fraction of sp³-hybridized carbons (Fsp3) is 0.947. The Morgan fingerprint density at radius 2 is 1.84 bits per heavy atom. The third kappa shape index (κ3) is 8.91. The van der Waals surface area contributed by atoms with Crippen LogP contribution in [-0.4, -0.2) is 62.8 Å². The van der Waals surface area contributed by atoms with Crippen molar-refractivity contribution in [3.8, 4) is 0 Å². The van der Waals surface area contributed by atoms with E-state index < -0.39 is 0 Å². The summed E-state index contributed by atoms with van der Waals surface area (Å²) in [7, 11) is 0. The minimum Gasteiger partial charge on any atom is -0.379 e. The van der Waals surface area contributed by atoms with E-state index >= 15 is 0 Å². The second-order valence-corrected chi connectivity index (χ2v) is 7.57. The number of halogens is 1. The molecular formula is C19H39IN4O. The Hall–Kier alpha value is -0.0800. The van der Waals surface area contributed by atoms with Gasteiger partial charge in [-0.25, -0.2) is 0 Å². The highest BCUT2D eigenvalue weighted by molar-refractivity contribution is 14.0. The van der Waals surface area contributed by atoms with E-state index in [9.17, 15) is 0 Å². The van der Waals surface area contributed by atoms with Gasteiger partial charge in [0.25, 0.3) is 0 Å². The molecule has 0 radical (unpaired) electrons. The molecule has 2 fully saturated rings. The maximum atomic E-state index is 5.39. The lowest BCUT2D eigenvalue weighted by Gasteiger charge is -2.32. The Morgan fingerprint density at radius 3 is 2.44 bits per heavy atom. The molecule has 1 saturated carbocycles. The van der Waals surface area contributed by atoms with E-state index in [1.807, 2.05) is 0 Å². The van der Waals surface area contributed by atoms with Crippen molar-refractivity contribution in [2.75, 3.05) is 45.9 Å². The Kier molecular flexibility index (Phi) is 12.1. The van der Waals surface area contributed by atoms with Gasteiger partial charge in [0.2, 0.25) is 0 Å². The Morgan fingerprint density at radius 1 is 1.16 bits per heavy atom. The number of nitrogens with one attached hydrogen (secondary N) is 2. The molecule has 0 spiro atoms. The summed E-state index contributed by atoms with van der Waals surface area (Å²) in [6.45, 7) is 13.7. The Balaban J connectivity index is 0.00000312. The third-order valence-corrected chi connectivity index (χ3v) is 5.41. The van der Waals surface area contributed by atoms with Crippen LogP contribution in [0.1, 0.15) is 52.9 Å². The monoisotopic (exact) mass is 466 g/mol. The van der Waals surface area contributed by atoms with Gasteiger partial charge in [-0.05, 0) is 50.9 Å². The molecule has 0 atom stereocenters. The van der Waals surface area contributed by atoms with Crippen molar-refractivity contribution in [2.45, 2.75) is 58.9 Å². The molecule has 1 aliphatic heterocycles. The highest BCUT2D eigenvalue weighted by atomic mass is 127. The molecule has 1 aliphatic carbocycles. The van der Waals surface area contributed by atoms with E-state index in [0.717, 1.165) is 70.2 Å². The van der Waals surface area contributed by atoms with Crippen LogP contribution in [0.5, 0.6) is 0 Å². The summed E-state index contributed by atoms with van der Waals surface area (Å²) >= 11 is 0. The summed E-state index contributed by atoms with van der Waals surface area (Å²) in [5, 5.41) is 7.07. The topological polar surface area (TPSA) is 48.9 Å². The molecule has 2 aliphatic rings. The fourth-order valence-electron chi connectivity index (χ4n) is 3.75. The number of hydrogen-bond donors (Lipinski definition) is 2. The summed E-state index contributed by atoms with van der Waals surface area (Å²) < 4.78 is 5.39. The molecule has 0 amide bonds. The maximum Gasteiger partial charge on any atom is 0.191 e. The Labute approximate surface area is 171 Å². The van der Waals surface area contributed by atoms with E-state index in [-0.39, 0.29) is 24.0 Å². The van der Waals surface area contributed by atoms with Gasteiger partial charge in [0.1, 0.15) is 0 Å². The molecule has 2 N–H and O–H groups in total. The van der Waals surface area contributed by atoms with Gasteiger partial charge in [-0.3, -0.25) is 9.89 Å². The van der Waals surface area contributed by atoms with Crippen LogP contribution in [-0.2, 0) is 4.74 Å². The summed E-state index contributed by atoms with van der Waals surface area (Å²) in [5.74, 6) is 2.75. The molecule has 148 valence electrons. The summed E-state index contributed by atoms with van der Waals surface area (Å²) in [4.78, 5) is 7.26. The normalized spacial score (nSPS) is 25.5. The van der Waals surface area contributed by atoms with Crippen molar-refractivity contribution in [3.05, 3.63) is 0 Å². The van der Waals surface area contributed by atoms with Crippen molar-refractivity contribution < 1.29 is 4.74 Å². The van der Waals surface area contributed by atoms with Crippen molar-refractivity contribution in [2.24, 2.45) is 16.8 Å². The number of morpholine rings is 1. The van der Waals surface area contributed by atoms with Crippen molar-refractivity contribution in [1.82, 2.24) is 15.5 Å². The molecule has 6 heteroatoms. The van der Waals surface area contributed by atoms with Gasteiger partial charge in [-0.2, -0.15) is 0 Å². The van der Waals surface area contributed by atoms with Gasteiger partial charge in [-0.1, -0.05) is 13.8 Å². The zero-order valence-electron chi connectivity index (χ0n) is 16.4. The average molecular weight is 466 g/mol. The molecule has 0 aromatic rings. The van der Waals surface area contributed by atoms with Crippen LogP contribution in [0.4, 0.5) is 0 Å². The minimum atomic E-state index is 0. The maximum absolute atomic E-state index is 5.39. The van der Waals surface area contributed by atoms with Crippen LogP contribution in [0.15, 0.2) is 4.99 Å². The molecule has 0 aromatic heterocycles. The van der Waals surface area contributed by atoms with E-state index in [2.05, 4.69) is 36.3 Å². The lowest BCUT2D eigenvalue weighted by Crippen LogP contribution is -2.45. The predicted octanol–water partition coefficient (Wildman–Crippen LogP) is 3.10. The second kappa shape index (κ2) is 13.1. The van der Waals surface area contributed by atoms with Crippen LogP contribution in [0, 0.1) is 11.8 Å². The standard InChI is InChI=1S/C19H38N4O.HI/c1-4-20-19(21-10-5-11-23-12-14-24-15-13-23)22-18-8-6-17(7-9-18)16(2)3;/h16-18H,4-15H2,1-3H3,(H2,20,21,22);1H. The predicted molar refractivity (Wildman–Crippen MR) is 117 cm³/mol. The average Bonchev–Trinajstić information content (AvgIpc) is 2.60.